The van der Waals surface area contributed by atoms with Gasteiger partial charge >= 0.3 is 5.82 Å². The number of hydrogen-bond acceptors (Lipinski definition) is 2. The average Bonchev–Trinajstić information content (AvgIpc) is 2.00. The van der Waals surface area contributed by atoms with Gasteiger partial charge in [-0.25, -0.2) is 4.57 Å². The Hall–Kier alpha value is -0.700. The Bertz CT molecular complexity index is 341. The number of rotatable bonds is 1. The van der Waals surface area contributed by atoms with Crippen LogP contribution in [0.3, 0.4) is 0 Å². The predicted molar refractivity (Wildman–Crippen MR) is 44.2 cm³/mol. The van der Waals surface area contributed by atoms with E-state index in [1.807, 2.05) is 31.5 Å². The van der Waals surface area contributed by atoms with Gasteiger partial charge in [0.1, 0.15) is 12.1 Å². The molecule has 0 saturated heterocycles. The molecule has 0 unspecified atom stereocenters. The molecular formula is C9H12IN3. The van der Waals surface area contributed by atoms with Crippen molar-refractivity contribution in [2.24, 2.45) is 7.05 Å². The van der Waals surface area contributed by atoms with E-state index in [-0.39, 0.29) is 24.0 Å². The Balaban J connectivity index is 0.00000144. The second-order valence-corrected chi connectivity index (χ2v) is 2.85. The summed E-state index contributed by atoms with van der Waals surface area (Å²) >= 11 is 0. The molecule has 70 valence electrons. The van der Waals surface area contributed by atoms with Crippen LogP contribution < -0.4 is 28.5 Å². The van der Waals surface area contributed by atoms with Gasteiger partial charge in [0.25, 0.3) is 0 Å². The van der Waals surface area contributed by atoms with E-state index in [0.717, 1.165) is 17.2 Å². The Morgan fingerprint density at radius 1 is 1.54 bits per heavy atom. The van der Waals surface area contributed by atoms with Crippen molar-refractivity contribution in [2.75, 3.05) is 0 Å². The first-order chi connectivity index (χ1) is 5.65. The first-order valence-corrected chi connectivity index (χ1v) is 3.85. The van der Waals surface area contributed by atoms with Crippen LogP contribution in [0.5, 0.6) is 0 Å². The molecule has 0 aliphatic carbocycles. The van der Waals surface area contributed by atoms with E-state index in [0.29, 0.717) is 6.42 Å². The molecular weight excluding hydrogens is 277 g/mol. The van der Waals surface area contributed by atoms with Gasteiger partial charge in [-0.3, -0.25) is 0 Å². The minimum absolute atomic E-state index is 0. The van der Waals surface area contributed by atoms with E-state index in [1.165, 1.54) is 0 Å². The quantitative estimate of drug-likeness (QED) is 0.427. The van der Waals surface area contributed by atoms with Crippen molar-refractivity contribution in [3.8, 4) is 6.07 Å². The summed E-state index contributed by atoms with van der Waals surface area (Å²) in [5.74, 6) is 0.829. The van der Waals surface area contributed by atoms with E-state index in [1.54, 1.807) is 0 Å². The maximum absolute atomic E-state index is 8.52. The number of nitrogens with zero attached hydrogens (tertiary/aromatic N) is 3. The van der Waals surface area contributed by atoms with E-state index < -0.39 is 0 Å². The van der Waals surface area contributed by atoms with Crippen LogP contribution in [0, 0.1) is 25.2 Å². The number of aryl methyl sites for hydroxylation is 2. The topological polar surface area (TPSA) is 40.6 Å². The first-order valence-electron chi connectivity index (χ1n) is 3.85. The standard InChI is InChI=1S/C9H12N3.HI/c1-7-6-8(2)12(3)9(11-7)4-5-10;/h6H,4H2,1-3H3;1H/q+1;/p-1. The zero-order valence-corrected chi connectivity index (χ0v) is 10.2. The van der Waals surface area contributed by atoms with Crippen molar-refractivity contribution in [1.82, 2.24) is 4.98 Å². The molecule has 0 fully saturated rings. The molecule has 1 aromatic rings. The van der Waals surface area contributed by atoms with E-state index in [9.17, 15) is 0 Å². The van der Waals surface area contributed by atoms with Gasteiger partial charge < -0.3 is 24.0 Å². The molecule has 1 aromatic heterocycles. The molecule has 0 bridgehead atoms. The van der Waals surface area contributed by atoms with Crippen LogP contribution in [0.2, 0.25) is 0 Å². The molecule has 0 amide bonds. The molecule has 0 N–H and O–H groups in total. The van der Waals surface area contributed by atoms with Gasteiger partial charge in [-0.05, 0) is 6.92 Å². The summed E-state index contributed by atoms with van der Waals surface area (Å²) in [6.45, 7) is 3.95. The third-order valence-electron chi connectivity index (χ3n) is 1.88. The summed E-state index contributed by atoms with van der Waals surface area (Å²) in [7, 11) is 1.93. The van der Waals surface area contributed by atoms with E-state index in [2.05, 4.69) is 11.1 Å². The highest BCUT2D eigenvalue weighted by molar-refractivity contribution is 5.04. The smallest absolute Gasteiger partial charge is 0.312 e. The molecule has 13 heavy (non-hydrogen) atoms. The van der Waals surface area contributed by atoms with Crippen LogP contribution in [-0.4, -0.2) is 4.98 Å². The largest absolute Gasteiger partial charge is 1.00 e. The molecule has 1 heterocycles. The Kier molecular flexibility index (Phi) is 4.85. The summed E-state index contributed by atoms with van der Waals surface area (Å²) in [6, 6.07) is 4.10. The van der Waals surface area contributed by atoms with Crippen molar-refractivity contribution in [3.05, 3.63) is 23.3 Å². The lowest BCUT2D eigenvalue weighted by atomic mass is 10.3. The van der Waals surface area contributed by atoms with Crippen LogP contribution in [0.25, 0.3) is 0 Å². The van der Waals surface area contributed by atoms with Gasteiger partial charge in [0.15, 0.2) is 5.69 Å². The van der Waals surface area contributed by atoms with Crippen molar-refractivity contribution >= 4 is 0 Å². The van der Waals surface area contributed by atoms with Gasteiger partial charge in [-0.15, -0.1) is 0 Å². The Morgan fingerprint density at radius 2 is 2.15 bits per heavy atom. The van der Waals surface area contributed by atoms with Crippen molar-refractivity contribution in [2.45, 2.75) is 20.3 Å². The van der Waals surface area contributed by atoms with Crippen molar-refractivity contribution < 1.29 is 28.5 Å². The van der Waals surface area contributed by atoms with Crippen molar-refractivity contribution in [3.63, 3.8) is 0 Å². The fourth-order valence-electron chi connectivity index (χ4n) is 1.14. The average molecular weight is 289 g/mol. The lowest BCUT2D eigenvalue weighted by Gasteiger charge is -1.98. The summed E-state index contributed by atoms with van der Waals surface area (Å²) in [5, 5.41) is 8.52. The minimum Gasteiger partial charge on any atom is -1.00 e. The van der Waals surface area contributed by atoms with Gasteiger partial charge in [-0.1, -0.05) is 4.98 Å². The third-order valence-corrected chi connectivity index (χ3v) is 1.88. The zero-order valence-electron chi connectivity index (χ0n) is 8.00. The van der Waals surface area contributed by atoms with Crippen molar-refractivity contribution in [1.29, 1.82) is 5.26 Å². The number of hydrogen-bond donors (Lipinski definition) is 0. The second kappa shape index (κ2) is 5.12. The van der Waals surface area contributed by atoms with Gasteiger partial charge in [0, 0.05) is 13.0 Å². The van der Waals surface area contributed by atoms with Crippen LogP contribution in [0.4, 0.5) is 0 Å². The molecule has 0 atom stereocenters. The first kappa shape index (κ1) is 12.3. The fraction of sp³-hybridized carbons (Fsp3) is 0.444. The molecule has 0 spiro atoms. The minimum atomic E-state index is 0. The highest BCUT2D eigenvalue weighted by Crippen LogP contribution is 1.96. The molecule has 0 aromatic carbocycles. The zero-order chi connectivity index (χ0) is 9.14. The molecule has 0 radical (unpaired) electrons. The van der Waals surface area contributed by atoms with E-state index in [4.69, 9.17) is 5.26 Å². The molecule has 3 nitrogen and oxygen atoms in total. The fourth-order valence-corrected chi connectivity index (χ4v) is 1.14. The van der Waals surface area contributed by atoms with Crippen LogP contribution in [0.15, 0.2) is 6.07 Å². The van der Waals surface area contributed by atoms with Gasteiger partial charge in [0.2, 0.25) is 0 Å². The summed E-state index contributed by atoms with van der Waals surface area (Å²) in [6.07, 6.45) is 0.374. The monoisotopic (exact) mass is 289 g/mol. The van der Waals surface area contributed by atoms with Crippen LogP contribution >= 0.6 is 0 Å². The lowest BCUT2D eigenvalue weighted by Crippen LogP contribution is -3.00. The Morgan fingerprint density at radius 3 is 2.69 bits per heavy atom. The van der Waals surface area contributed by atoms with Gasteiger partial charge in [0.05, 0.1) is 13.1 Å². The highest BCUT2D eigenvalue weighted by Gasteiger charge is 2.11. The predicted octanol–water partition coefficient (Wildman–Crippen LogP) is -2.41. The lowest BCUT2D eigenvalue weighted by molar-refractivity contribution is -0.688. The summed E-state index contributed by atoms with van der Waals surface area (Å²) < 4.78 is 1.94. The summed E-state index contributed by atoms with van der Waals surface area (Å²) in [5.41, 5.74) is 2.10. The number of nitriles is 1. The highest BCUT2D eigenvalue weighted by atomic mass is 127. The Labute approximate surface area is 95.4 Å². The van der Waals surface area contributed by atoms with Crippen LogP contribution in [-0.2, 0) is 13.5 Å². The molecule has 1 rings (SSSR count). The maximum Gasteiger partial charge on any atom is 0.312 e. The normalized spacial score (nSPS) is 8.77. The van der Waals surface area contributed by atoms with E-state index >= 15 is 0 Å². The van der Waals surface area contributed by atoms with Gasteiger partial charge in [-0.2, -0.15) is 5.26 Å². The van der Waals surface area contributed by atoms with Crippen LogP contribution in [0.1, 0.15) is 17.2 Å². The number of halogens is 1. The maximum atomic E-state index is 8.52. The second-order valence-electron chi connectivity index (χ2n) is 2.85. The molecule has 0 aliphatic heterocycles. The SMILES string of the molecule is Cc1cc(C)[n+](C)c(CC#N)n1.[I-]. The third kappa shape index (κ3) is 2.92. The molecule has 0 aliphatic rings. The number of aromatic nitrogens is 2. The molecule has 4 heteroatoms. The summed E-state index contributed by atoms with van der Waals surface area (Å²) in [4.78, 5) is 4.26. The molecule has 0 saturated carbocycles.